The van der Waals surface area contributed by atoms with Crippen LogP contribution in [0.25, 0.3) is 0 Å². The summed E-state index contributed by atoms with van der Waals surface area (Å²) in [4.78, 5) is 18.7. The maximum atomic E-state index is 12.4. The van der Waals surface area contributed by atoms with Gasteiger partial charge in [-0.2, -0.15) is 0 Å². The first-order chi connectivity index (χ1) is 12.7. The number of rotatable bonds is 7. The summed E-state index contributed by atoms with van der Waals surface area (Å²) in [6.45, 7) is 4.74. The van der Waals surface area contributed by atoms with Crippen LogP contribution < -0.4 is 9.47 Å². The lowest BCUT2D eigenvalue weighted by Crippen LogP contribution is -2.41. The number of ether oxygens (including phenoxy) is 2. The molecule has 1 aromatic carbocycles. The van der Waals surface area contributed by atoms with Crippen LogP contribution in [0.15, 0.2) is 36.7 Å². The van der Waals surface area contributed by atoms with Crippen molar-refractivity contribution >= 4 is 5.91 Å². The predicted molar refractivity (Wildman–Crippen MR) is 99.4 cm³/mol. The van der Waals surface area contributed by atoms with Gasteiger partial charge in [-0.1, -0.05) is 19.1 Å². The summed E-state index contributed by atoms with van der Waals surface area (Å²) >= 11 is 0. The molecular weight excluding hydrogens is 330 g/mol. The molecule has 1 aromatic heterocycles. The van der Waals surface area contributed by atoms with Crippen LogP contribution in [0.5, 0.6) is 11.5 Å². The van der Waals surface area contributed by atoms with Crippen LogP contribution in [0.4, 0.5) is 0 Å². The maximum Gasteiger partial charge on any atom is 0.260 e. The highest BCUT2D eigenvalue weighted by Gasteiger charge is 2.24. The van der Waals surface area contributed by atoms with Crippen LogP contribution in [-0.4, -0.2) is 47.2 Å². The van der Waals surface area contributed by atoms with Crippen molar-refractivity contribution < 1.29 is 14.3 Å². The zero-order chi connectivity index (χ0) is 18.4. The minimum atomic E-state index is 0.0336. The molecule has 26 heavy (non-hydrogen) atoms. The Bertz CT molecular complexity index is 721. The Morgan fingerprint density at radius 3 is 2.65 bits per heavy atom. The number of hydrogen-bond donors (Lipinski definition) is 0. The number of hydrogen-bond acceptors (Lipinski definition) is 4. The van der Waals surface area contributed by atoms with Gasteiger partial charge in [0.05, 0.1) is 7.11 Å². The number of carbonyl (C=O) groups is 1. The van der Waals surface area contributed by atoms with Gasteiger partial charge < -0.3 is 18.9 Å². The van der Waals surface area contributed by atoms with Crippen molar-refractivity contribution in [1.82, 2.24) is 14.5 Å². The molecule has 0 aliphatic carbocycles. The molecule has 0 atom stereocenters. The summed E-state index contributed by atoms with van der Waals surface area (Å²) in [7, 11) is 1.60. The Morgan fingerprint density at radius 1 is 1.23 bits per heavy atom. The first kappa shape index (κ1) is 18.3. The third-order valence-corrected chi connectivity index (χ3v) is 4.96. The van der Waals surface area contributed by atoms with E-state index in [-0.39, 0.29) is 12.5 Å². The summed E-state index contributed by atoms with van der Waals surface area (Å²) in [5.74, 6) is 3.00. The lowest BCUT2D eigenvalue weighted by molar-refractivity contribution is -0.134. The second kappa shape index (κ2) is 8.74. The molecule has 1 aliphatic heterocycles. The highest BCUT2D eigenvalue weighted by atomic mass is 16.5. The summed E-state index contributed by atoms with van der Waals surface area (Å²) in [5, 5.41) is 0. The minimum absolute atomic E-state index is 0.0336. The fourth-order valence-corrected chi connectivity index (χ4v) is 3.43. The van der Waals surface area contributed by atoms with E-state index in [4.69, 9.17) is 9.47 Å². The maximum absolute atomic E-state index is 12.4. The first-order valence-electron chi connectivity index (χ1n) is 9.24. The second-order valence-electron chi connectivity index (χ2n) is 6.61. The summed E-state index contributed by atoms with van der Waals surface area (Å²) in [6.07, 6.45) is 6.90. The largest absolute Gasteiger partial charge is 0.493 e. The molecule has 1 aliphatic rings. The van der Waals surface area contributed by atoms with Crippen LogP contribution in [0, 0.1) is 5.92 Å². The fourth-order valence-electron chi connectivity index (χ4n) is 3.43. The van der Waals surface area contributed by atoms with Crippen LogP contribution in [-0.2, 0) is 17.8 Å². The Hall–Kier alpha value is -2.50. The number of para-hydroxylation sites is 2. The van der Waals surface area contributed by atoms with Gasteiger partial charge in [0, 0.05) is 38.4 Å². The predicted octanol–water partition coefficient (Wildman–Crippen LogP) is 2.77. The van der Waals surface area contributed by atoms with Crippen LogP contribution >= 0.6 is 0 Å². The third kappa shape index (κ3) is 4.36. The summed E-state index contributed by atoms with van der Waals surface area (Å²) in [6, 6.07) is 7.39. The van der Waals surface area contributed by atoms with Crippen molar-refractivity contribution in [2.24, 2.45) is 5.92 Å². The molecule has 0 spiro atoms. The molecular formula is C20H27N3O3. The van der Waals surface area contributed by atoms with Gasteiger partial charge in [0.15, 0.2) is 18.1 Å². The third-order valence-electron chi connectivity index (χ3n) is 4.96. The quantitative estimate of drug-likeness (QED) is 0.765. The van der Waals surface area contributed by atoms with Gasteiger partial charge in [0.1, 0.15) is 5.82 Å². The Morgan fingerprint density at radius 2 is 1.96 bits per heavy atom. The number of likely N-dealkylation sites (tertiary alicyclic amines) is 1. The highest BCUT2D eigenvalue weighted by molar-refractivity contribution is 5.78. The van der Waals surface area contributed by atoms with Crippen molar-refractivity contribution in [2.45, 2.75) is 32.7 Å². The van der Waals surface area contributed by atoms with E-state index in [0.29, 0.717) is 17.4 Å². The lowest BCUT2D eigenvalue weighted by atomic mass is 9.96. The molecule has 0 saturated carbocycles. The molecule has 0 bridgehead atoms. The molecule has 0 N–H and O–H groups in total. The molecule has 2 heterocycles. The number of aryl methyl sites for hydroxylation is 1. The Kier molecular flexibility index (Phi) is 6.15. The molecule has 6 nitrogen and oxygen atoms in total. The van der Waals surface area contributed by atoms with Gasteiger partial charge in [-0.3, -0.25) is 4.79 Å². The van der Waals surface area contributed by atoms with Crippen molar-refractivity contribution in [3.63, 3.8) is 0 Å². The molecule has 2 aromatic rings. The fraction of sp³-hybridized carbons (Fsp3) is 0.500. The average molecular weight is 357 g/mol. The SMILES string of the molecule is CCc1nccn1CC1CCN(C(=O)COc2ccccc2OC)CC1. The van der Waals surface area contributed by atoms with E-state index >= 15 is 0 Å². The van der Waals surface area contributed by atoms with Gasteiger partial charge in [0.25, 0.3) is 5.91 Å². The normalized spacial score (nSPS) is 15.1. The van der Waals surface area contributed by atoms with E-state index in [1.54, 1.807) is 7.11 Å². The topological polar surface area (TPSA) is 56.6 Å². The van der Waals surface area contributed by atoms with Gasteiger partial charge in [0.2, 0.25) is 0 Å². The molecule has 3 rings (SSSR count). The molecule has 1 amide bonds. The summed E-state index contributed by atoms with van der Waals surface area (Å²) < 4.78 is 13.1. The van der Waals surface area contributed by atoms with Crippen LogP contribution in [0.2, 0.25) is 0 Å². The van der Waals surface area contributed by atoms with Crippen molar-refractivity contribution in [1.29, 1.82) is 0 Å². The van der Waals surface area contributed by atoms with E-state index in [9.17, 15) is 4.79 Å². The number of aromatic nitrogens is 2. The molecule has 6 heteroatoms. The van der Waals surface area contributed by atoms with E-state index in [1.165, 1.54) is 0 Å². The average Bonchev–Trinajstić information content (AvgIpc) is 3.14. The van der Waals surface area contributed by atoms with Gasteiger partial charge in [-0.05, 0) is 30.9 Å². The van der Waals surface area contributed by atoms with E-state index < -0.39 is 0 Å². The van der Waals surface area contributed by atoms with E-state index in [2.05, 4.69) is 22.7 Å². The van der Waals surface area contributed by atoms with Gasteiger partial charge >= 0.3 is 0 Å². The van der Waals surface area contributed by atoms with Gasteiger partial charge in [-0.15, -0.1) is 0 Å². The zero-order valence-electron chi connectivity index (χ0n) is 15.6. The lowest BCUT2D eigenvalue weighted by Gasteiger charge is -2.32. The first-order valence-corrected chi connectivity index (χ1v) is 9.24. The second-order valence-corrected chi connectivity index (χ2v) is 6.61. The van der Waals surface area contributed by atoms with Crippen LogP contribution in [0.1, 0.15) is 25.6 Å². The van der Waals surface area contributed by atoms with E-state index in [0.717, 1.165) is 44.7 Å². The minimum Gasteiger partial charge on any atom is -0.493 e. The van der Waals surface area contributed by atoms with Crippen molar-refractivity contribution in [2.75, 3.05) is 26.8 Å². The van der Waals surface area contributed by atoms with Gasteiger partial charge in [-0.25, -0.2) is 4.98 Å². The highest BCUT2D eigenvalue weighted by Crippen LogP contribution is 2.26. The van der Waals surface area contributed by atoms with Crippen LogP contribution in [0.3, 0.4) is 0 Å². The smallest absolute Gasteiger partial charge is 0.260 e. The molecule has 1 fully saturated rings. The number of piperidine rings is 1. The standard InChI is InChI=1S/C20H27N3O3/c1-3-19-21-10-13-23(19)14-16-8-11-22(12-9-16)20(24)15-26-18-7-5-4-6-17(18)25-2/h4-7,10,13,16H,3,8-9,11-12,14-15H2,1-2H3. The Labute approximate surface area is 154 Å². The number of methoxy groups -OCH3 is 1. The molecule has 140 valence electrons. The molecule has 0 radical (unpaired) electrons. The number of carbonyl (C=O) groups excluding carboxylic acids is 1. The molecule has 0 unspecified atom stereocenters. The number of nitrogens with zero attached hydrogens (tertiary/aromatic N) is 3. The van der Waals surface area contributed by atoms with Crippen molar-refractivity contribution in [3.8, 4) is 11.5 Å². The summed E-state index contributed by atoms with van der Waals surface area (Å²) in [5.41, 5.74) is 0. The number of benzene rings is 1. The monoisotopic (exact) mass is 357 g/mol. The number of amides is 1. The zero-order valence-corrected chi connectivity index (χ0v) is 15.6. The van der Waals surface area contributed by atoms with Crippen molar-refractivity contribution in [3.05, 3.63) is 42.5 Å². The Balaban J connectivity index is 1.46. The number of imidazole rings is 1. The van der Waals surface area contributed by atoms with E-state index in [1.807, 2.05) is 35.4 Å². The molecule has 1 saturated heterocycles.